The third-order valence-corrected chi connectivity index (χ3v) is 2.40. The van der Waals surface area contributed by atoms with E-state index in [9.17, 15) is 17.6 Å². The van der Waals surface area contributed by atoms with E-state index in [1.54, 1.807) is 0 Å². The number of rotatable bonds is 7. The number of benzene rings is 1. The molecule has 0 saturated heterocycles. The Bertz CT molecular complexity index is 402. The molecule has 0 bridgehead atoms. The lowest BCUT2D eigenvalue weighted by atomic mass is 10.2. The summed E-state index contributed by atoms with van der Waals surface area (Å²) < 4.78 is 57.1. The first kappa shape index (κ1) is 15.7. The van der Waals surface area contributed by atoms with Gasteiger partial charge in [-0.25, -0.2) is 8.78 Å². The molecule has 1 unspecified atom stereocenters. The van der Waals surface area contributed by atoms with Gasteiger partial charge in [0, 0.05) is 6.07 Å². The topological polar surface area (TPSA) is 41.5 Å². The molecule has 0 aromatic heterocycles. The lowest BCUT2D eigenvalue weighted by Crippen LogP contribution is -2.38. The molecule has 108 valence electrons. The Morgan fingerprint density at radius 1 is 1.21 bits per heavy atom. The third-order valence-electron chi connectivity index (χ3n) is 2.40. The molecule has 1 aromatic carbocycles. The first-order valence-corrected chi connectivity index (χ1v) is 5.81. The van der Waals surface area contributed by atoms with Crippen molar-refractivity contribution in [1.82, 2.24) is 5.32 Å². The maximum absolute atomic E-state index is 13.3. The molecule has 19 heavy (non-hydrogen) atoms. The van der Waals surface area contributed by atoms with Gasteiger partial charge in [0.05, 0.1) is 12.6 Å². The molecule has 0 aliphatic heterocycles. The van der Waals surface area contributed by atoms with Crippen LogP contribution in [0.15, 0.2) is 6.07 Å². The zero-order valence-corrected chi connectivity index (χ0v) is 10.4. The van der Waals surface area contributed by atoms with Crippen LogP contribution in [0.1, 0.15) is 13.3 Å². The second-order valence-electron chi connectivity index (χ2n) is 3.94. The standard InChI is InChI=1S/C12H15F4NO2/c1-2-3-17-7(5-18)6-19-12-10(15)8(13)4-9(14)11(12)16/h4,7,17-18H,2-3,5-6H2,1H3. The van der Waals surface area contributed by atoms with Crippen molar-refractivity contribution in [3.63, 3.8) is 0 Å². The molecular weight excluding hydrogens is 266 g/mol. The molecule has 0 heterocycles. The smallest absolute Gasteiger partial charge is 0.203 e. The Balaban J connectivity index is 2.76. The van der Waals surface area contributed by atoms with Crippen molar-refractivity contribution in [2.45, 2.75) is 19.4 Å². The van der Waals surface area contributed by atoms with E-state index < -0.39 is 35.1 Å². The molecule has 0 aliphatic rings. The molecule has 0 radical (unpaired) electrons. The summed E-state index contributed by atoms with van der Waals surface area (Å²) in [5, 5.41) is 11.9. The van der Waals surface area contributed by atoms with E-state index in [4.69, 9.17) is 9.84 Å². The monoisotopic (exact) mass is 281 g/mol. The zero-order valence-electron chi connectivity index (χ0n) is 10.4. The number of aliphatic hydroxyl groups is 1. The van der Waals surface area contributed by atoms with Gasteiger partial charge in [-0.1, -0.05) is 6.92 Å². The summed E-state index contributed by atoms with van der Waals surface area (Å²) in [6.07, 6.45) is 0.786. The van der Waals surface area contributed by atoms with Crippen LogP contribution >= 0.6 is 0 Å². The summed E-state index contributed by atoms with van der Waals surface area (Å²) in [6, 6.07) is -0.471. The second kappa shape index (κ2) is 7.30. The van der Waals surface area contributed by atoms with E-state index in [0.717, 1.165) is 6.42 Å². The van der Waals surface area contributed by atoms with Crippen LogP contribution in [0.3, 0.4) is 0 Å². The van der Waals surface area contributed by atoms with Gasteiger partial charge >= 0.3 is 0 Å². The minimum absolute atomic E-state index is 0.108. The van der Waals surface area contributed by atoms with Crippen molar-refractivity contribution in [1.29, 1.82) is 0 Å². The second-order valence-corrected chi connectivity index (χ2v) is 3.94. The van der Waals surface area contributed by atoms with Crippen molar-refractivity contribution >= 4 is 0 Å². The maximum atomic E-state index is 13.3. The van der Waals surface area contributed by atoms with Crippen LogP contribution in [0.4, 0.5) is 17.6 Å². The first-order chi connectivity index (χ1) is 9.01. The van der Waals surface area contributed by atoms with Crippen LogP contribution in [0.5, 0.6) is 5.75 Å². The van der Waals surface area contributed by atoms with Crippen LogP contribution in [-0.2, 0) is 0 Å². The molecule has 0 saturated carbocycles. The van der Waals surface area contributed by atoms with Crippen LogP contribution in [0.2, 0.25) is 0 Å². The fourth-order valence-electron chi connectivity index (χ4n) is 1.39. The van der Waals surface area contributed by atoms with Crippen LogP contribution in [-0.4, -0.2) is 30.9 Å². The molecule has 1 aromatic rings. The average Bonchev–Trinajstić information content (AvgIpc) is 2.40. The predicted octanol–water partition coefficient (Wildman–Crippen LogP) is 1.98. The summed E-state index contributed by atoms with van der Waals surface area (Å²) in [5.74, 6) is -7.36. The maximum Gasteiger partial charge on any atom is 0.203 e. The van der Waals surface area contributed by atoms with Gasteiger partial charge in [0.1, 0.15) is 6.61 Å². The highest BCUT2D eigenvalue weighted by Gasteiger charge is 2.21. The molecule has 0 amide bonds. The van der Waals surface area contributed by atoms with Gasteiger partial charge in [-0.2, -0.15) is 8.78 Å². The Labute approximate surface area is 108 Å². The van der Waals surface area contributed by atoms with Crippen LogP contribution in [0, 0.1) is 23.3 Å². The van der Waals surface area contributed by atoms with E-state index in [2.05, 4.69) is 5.32 Å². The molecular formula is C12H15F4NO2. The molecule has 0 spiro atoms. The summed E-state index contributed by atoms with van der Waals surface area (Å²) in [7, 11) is 0. The first-order valence-electron chi connectivity index (χ1n) is 5.81. The fraction of sp³-hybridized carbons (Fsp3) is 0.500. The van der Waals surface area contributed by atoms with E-state index in [0.29, 0.717) is 6.54 Å². The van der Waals surface area contributed by atoms with Gasteiger partial charge in [0.15, 0.2) is 17.4 Å². The minimum Gasteiger partial charge on any atom is -0.486 e. The third kappa shape index (κ3) is 4.07. The summed E-state index contributed by atoms with van der Waals surface area (Å²) in [4.78, 5) is 0. The van der Waals surface area contributed by atoms with Gasteiger partial charge < -0.3 is 15.2 Å². The van der Waals surface area contributed by atoms with Gasteiger partial charge in [0.25, 0.3) is 0 Å². The number of aliphatic hydroxyl groups excluding tert-OH is 1. The number of nitrogens with one attached hydrogen (secondary N) is 1. The van der Waals surface area contributed by atoms with E-state index in [1.165, 1.54) is 0 Å². The molecule has 0 fully saturated rings. The SMILES string of the molecule is CCCNC(CO)COc1c(F)c(F)cc(F)c1F. The summed E-state index contributed by atoms with van der Waals surface area (Å²) in [6.45, 7) is 1.81. The Kier molecular flexibility index (Phi) is 6.04. The van der Waals surface area contributed by atoms with Crippen molar-refractivity contribution < 1.29 is 27.4 Å². The highest BCUT2D eigenvalue weighted by Crippen LogP contribution is 2.26. The highest BCUT2D eigenvalue weighted by molar-refractivity contribution is 5.28. The van der Waals surface area contributed by atoms with Crippen molar-refractivity contribution in [3.8, 4) is 5.75 Å². The summed E-state index contributed by atoms with van der Waals surface area (Å²) >= 11 is 0. The van der Waals surface area contributed by atoms with Gasteiger partial charge in [0.2, 0.25) is 11.6 Å². The minimum atomic E-state index is -1.59. The Morgan fingerprint density at radius 3 is 2.26 bits per heavy atom. The quantitative estimate of drug-likeness (QED) is 0.593. The van der Waals surface area contributed by atoms with Crippen LogP contribution in [0.25, 0.3) is 0 Å². The molecule has 1 atom stereocenters. The summed E-state index contributed by atoms with van der Waals surface area (Å²) in [5.41, 5.74) is 0. The number of hydrogen-bond acceptors (Lipinski definition) is 3. The number of halogens is 4. The van der Waals surface area contributed by atoms with E-state index >= 15 is 0 Å². The molecule has 3 nitrogen and oxygen atoms in total. The molecule has 0 aliphatic carbocycles. The average molecular weight is 281 g/mol. The van der Waals surface area contributed by atoms with Crippen molar-refractivity contribution in [3.05, 3.63) is 29.3 Å². The van der Waals surface area contributed by atoms with E-state index in [-0.39, 0.29) is 19.3 Å². The highest BCUT2D eigenvalue weighted by atomic mass is 19.2. The predicted molar refractivity (Wildman–Crippen MR) is 60.9 cm³/mol. The number of ether oxygens (including phenoxy) is 1. The Hall–Kier alpha value is -1.34. The molecule has 7 heteroatoms. The largest absolute Gasteiger partial charge is 0.486 e. The fourth-order valence-corrected chi connectivity index (χ4v) is 1.39. The molecule has 2 N–H and O–H groups in total. The zero-order chi connectivity index (χ0) is 14.4. The lowest BCUT2D eigenvalue weighted by molar-refractivity contribution is 0.173. The van der Waals surface area contributed by atoms with Gasteiger partial charge in [-0.3, -0.25) is 0 Å². The number of hydrogen-bond donors (Lipinski definition) is 2. The van der Waals surface area contributed by atoms with Crippen LogP contribution < -0.4 is 10.1 Å². The lowest BCUT2D eigenvalue weighted by Gasteiger charge is -2.17. The molecule has 1 rings (SSSR count). The van der Waals surface area contributed by atoms with E-state index in [1.807, 2.05) is 6.92 Å². The van der Waals surface area contributed by atoms with Crippen molar-refractivity contribution in [2.24, 2.45) is 0 Å². The van der Waals surface area contributed by atoms with Crippen molar-refractivity contribution in [2.75, 3.05) is 19.8 Å². The normalized spacial score (nSPS) is 12.5. The van der Waals surface area contributed by atoms with Gasteiger partial charge in [-0.15, -0.1) is 0 Å². The van der Waals surface area contributed by atoms with Gasteiger partial charge in [-0.05, 0) is 13.0 Å². The Morgan fingerprint density at radius 2 is 1.79 bits per heavy atom.